The van der Waals surface area contributed by atoms with E-state index in [2.05, 4.69) is 27.7 Å². The Morgan fingerprint density at radius 3 is 1.14 bits per heavy atom. The topological polar surface area (TPSA) is 46.2 Å². The number of nitrogens with two attached hydrogens (primary N) is 1. The normalized spacial score (nSPS) is 9.86. The standard InChI is InChI=1S/C8H20N.C2H7NO.ClH/c1-5-9(6-2,7-3)8-4;3-1-2-4;/h5-8H2,1-4H3;4H,1-3H2;1H/q+1;;/p-1. The molecule has 0 saturated heterocycles. The first-order chi connectivity index (χ1) is 6.16. The van der Waals surface area contributed by atoms with Gasteiger partial charge in [0.05, 0.1) is 32.8 Å². The van der Waals surface area contributed by atoms with Crippen molar-refractivity contribution in [1.29, 1.82) is 0 Å². The van der Waals surface area contributed by atoms with E-state index in [0.717, 1.165) is 0 Å². The Morgan fingerprint density at radius 2 is 1.14 bits per heavy atom. The number of aliphatic hydroxyl groups excluding tert-OH is 1. The van der Waals surface area contributed by atoms with Gasteiger partial charge in [-0.2, -0.15) is 0 Å². The summed E-state index contributed by atoms with van der Waals surface area (Å²) in [5.41, 5.74) is 4.78. The van der Waals surface area contributed by atoms with E-state index in [1.165, 1.54) is 30.7 Å². The van der Waals surface area contributed by atoms with Crippen molar-refractivity contribution in [2.45, 2.75) is 27.7 Å². The maximum absolute atomic E-state index is 7.75. The molecule has 0 rings (SSSR count). The number of aliphatic hydroxyl groups is 1. The van der Waals surface area contributed by atoms with Crippen molar-refractivity contribution < 1.29 is 22.0 Å². The van der Waals surface area contributed by atoms with Gasteiger partial charge in [0.25, 0.3) is 0 Å². The second kappa shape index (κ2) is 13.2. The van der Waals surface area contributed by atoms with Gasteiger partial charge in [-0.1, -0.05) is 0 Å². The Bertz CT molecular complexity index is 78.6. The van der Waals surface area contributed by atoms with Gasteiger partial charge in [0.15, 0.2) is 0 Å². The van der Waals surface area contributed by atoms with Gasteiger partial charge in [0.2, 0.25) is 0 Å². The smallest absolute Gasteiger partial charge is 0.0757 e. The molecule has 0 unspecified atom stereocenters. The molecule has 0 spiro atoms. The van der Waals surface area contributed by atoms with Crippen LogP contribution in [0.4, 0.5) is 0 Å². The Hall–Kier alpha value is 0.170. The van der Waals surface area contributed by atoms with Crippen LogP contribution in [0.25, 0.3) is 0 Å². The minimum atomic E-state index is 0. The Kier molecular flexibility index (Phi) is 18.5. The fourth-order valence-corrected chi connectivity index (χ4v) is 1.34. The van der Waals surface area contributed by atoms with Gasteiger partial charge in [-0.3, -0.25) is 0 Å². The molecule has 4 heteroatoms. The van der Waals surface area contributed by atoms with Gasteiger partial charge in [-0.25, -0.2) is 0 Å². The summed E-state index contributed by atoms with van der Waals surface area (Å²) in [6.07, 6.45) is 0. The molecule has 0 radical (unpaired) electrons. The molecule has 14 heavy (non-hydrogen) atoms. The van der Waals surface area contributed by atoms with E-state index in [4.69, 9.17) is 10.8 Å². The third kappa shape index (κ3) is 8.75. The van der Waals surface area contributed by atoms with Crippen LogP contribution in [0, 0.1) is 0 Å². The summed E-state index contributed by atoms with van der Waals surface area (Å²) in [5, 5.41) is 7.75. The highest BCUT2D eigenvalue weighted by Crippen LogP contribution is 2.03. The van der Waals surface area contributed by atoms with Crippen molar-refractivity contribution in [3.8, 4) is 0 Å². The van der Waals surface area contributed by atoms with Crippen LogP contribution in [-0.2, 0) is 0 Å². The van der Waals surface area contributed by atoms with E-state index in [9.17, 15) is 0 Å². The molecule has 0 aromatic heterocycles. The van der Waals surface area contributed by atoms with Crippen LogP contribution in [0.5, 0.6) is 0 Å². The summed E-state index contributed by atoms with van der Waals surface area (Å²) in [6.45, 7) is 14.7. The van der Waals surface area contributed by atoms with Gasteiger partial charge in [-0.15, -0.1) is 0 Å². The lowest BCUT2D eigenvalue weighted by molar-refractivity contribution is -0.921. The maximum Gasteiger partial charge on any atom is 0.0757 e. The predicted octanol–water partition coefficient (Wildman–Crippen LogP) is -2.18. The molecular weight excluding hydrogens is 200 g/mol. The van der Waals surface area contributed by atoms with E-state index >= 15 is 0 Å². The van der Waals surface area contributed by atoms with Crippen molar-refractivity contribution in [3.05, 3.63) is 0 Å². The average Bonchev–Trinajstić information content (AvgIpc) is 2.23. The molecule has 0 aromatic carbocycles. The molecular formula is C10H27ClN2O. The number of hydrogen-bond donors (Lipinski definition) is 2. The first-order valence-electron chi connectivity index (χ1n) is 5.32. The van der Waals surface area contributed by atoms with Gasteiger partial charge >= 0.3 is 0 Å². The van der Waals surface area contributed by atoms with Crippen LogP contribution < -0.4 is 18.1 Å². The van der Waals surface area contributed by atoms with Gasteiger partial charge < -0.3 is 27.7 Å². The Morgan fingerprint density at radius 1 is 0.929 bits per heavy atom. The minimum absolute atomic E-state index is 0. The SMILES string of the molecule is CC[N+](CC)(CC)CC.NCCO.[Cl-]. The molecule has 0 bridgehead atoms. The van der Waals surface area contributed by atoms with Crippen LogP contribution in [0.15, 0.2) is 0 Å². The lowest BCUT2D eigenvalue weighted by atomic mass is 10.3. The quantitative estimate of drug-likeness (QED) is 0.524. The largest absolute Gasteiger partial charge is 1.00 e. The average molecular weight is 227 g/mol. The zero-order valence-electron chi connectivity index (χ0n) is 10.1. The summed E-state index contributed by atoms with van der Waals surface area (Å²) < 4.78 is 1.28. The molecule has 0 amide bonds. The summed E-state index contributed by atoms with van der Waals surface area (Å²) >= 11 is 0. The molecule has 0 fully saturated rings. The summed E-state index contributed by atoms with van der Waals surface area (Å²) in [7, 11) is 0. The second-order valence-electron chi connectivity index (χ2n) is 3.12. The summed E-state index contributed by atoms with van der Waals surface area (Å²) in [5.74, 6) is 0. The van der Waals surface area contributed by atoms with E-state index in [1.807, 2.05) is 0 Å². The molecule has 0 aliphatic rings. The first-order valence-corrected chi connectivity index (χ1v) is 5.32. The third-order valence-corrected chi connectivity index (χ3v) is 2.81. The zero-order valence-corrected chi connectivity index (χ0v) is 10.8. The molecule has 0 heterocycles. The summed E-state index contributed by atoms with van der Waals surface area (Å²) in [6, 6.07) is 0. The molecule has 0 saturated carbocycles. The molecule has 0 aliphatic carbocycles. The van der Waals surface area contributed by atoms with Crippen molar-refractivity contribution in [3.63, 3.8) is 0 Å². The fraction of sp³-hybridized carbons (Fsp3) is 1.00. The van der Waals surface area contributed by atoms with E-state index in [-0.39, 0.29) is 19.0 Å². The van der Waals surface area contributed by atoms with Crippen LogP contribution in [-0.4, -0.2) is 48.9 Å². The highest BCUT2D eigenvalue weighted by atomic mass is 35.5. The third-order valence-electron chi connectivity index (χ3n) is 2.81. The Balaban J connectivity index is -0.000000209. The zero-order chi connectivity index (χ0) is 10.7. The molecule has 0 aliphatic heterocycles. The van der Waals surface area contributed by atoms with Crippen molar-refractivity contribution >= 4 is 0 Å². The molecule has 0 aromatic rings. The van der Waals surface area contributed by atoms with Crippen LogP contribution in [0.3, 0.4) is 0 Å². The van der Waals surface area contributed by atoms with Gasteiger partial charge in [0.1, 0.15) is 0 Å². The molecule has 0 atom stereocenters. The number of halogens is 1. The van der Waals surface area contributed by atoms with Gasteiger partial charge in [-0.05, 0) is 27.7 Å². The van der Waals surface area contributed by atoms with E-state index in [0.29, 0.717) is 6.54 Å². The molecule has 3 N–H and O–H groups in total. The van der Waals surface area contributed by atoms with E-state index in [1.54, 1.807) is 0 Å². The van der Waals surface area contributed by atoms with Gasteiger partial charge in [0, 0.05) is 6.54 Å². The van der Waals surface area contributed by atoms with Crippen molar-refractivity contribution in [2.75, 3.05) is 39.3 Å². The highest BCUT2D eigenvalue weighted by molar-refractivity contribution is 4.31. The molecule has 3 nitrogen and oxygen atoms in total. The number of hydrogen-bond acceptors (Lipinski definition) is 2. The van der Waals surface area contributed by atoms with Crippen LogP contribution in [0.2, 0.25) is 0 Å². The van der Waals surface area contributed by atoms with Crippen LogP contribution >= 0.6 is 0 Å². The first kappa shape index (κ1) is 19.7. The maximum atomic E-state index is 7.75. The van der Waals surface area contributed by atoms with E-state index < -0.39 is 0 Å². The molecule has 90 valence electrons. The lowest BCUT2D eigenvalue weighted by Gasteiger charge is -2.34. The Labute approximate surface area is 95.3 Å². The highest BCUT2D eigenvalue weighted by Gasteiger charge is 2.16. The minimum Gasteiger partial charge on any atom is -1.00 e. The second-order valence-corrected chi connectivity index (χ2v) is 3.12. The monoisotopic (exact) mass is 226 g/mol. The van der Waals surface area contributed by atoms with Crippen molar-refractivity contribution in [2.24, 2.45) is 5.73 Å². The predicted molar refractivity (Wildman–Crippen MR) is 58.6 cm³/mol. The number of rotatable bonds is 5. The number of nitrogens with zero attached hydrogens (tertiary/aromatic N) is 1. The van der Waals surface area contributed by atoms with Crippen molar-refractivity contribution in [1.82, 2.24) is 0 Å². The lowest BCUT2D eigenvalue weighted by Crippen LogP contribution is -3.00. The number of quaternary nitrogens is 1. The fourth-order valence-electron chi connectivity index (χ4n) is 1.34. The summed E-state index contributed by atoms with van der Waals surface area (Å²) in [4.78, 5) is 0. The van der Waals surface area contributed by atoms with Crippen LogP contribution in [0.1, 0.15) is 27.7 Å².